The molecule has 0 aliphatic carbocycles. The second-order valence-electron chi connectivity index (χ2n) is 13.7. The SMILES string of the molecule is CCCCCc1ccc(C(=O)Oc2ccc(F)c(F)c2)cc1.CCCCc1ccc(C(=O)Oc2ccc(F)c(F)c2)cc1.Cc1ccc(C(=O)Oc2ccc(F)c(F)c2)cc1. The minimum absolute atomic E-state index is 0.0177. The molecule has 6 aromatic carbocycles. The Morgan fingerprint density at radius 2 is 0.705 bits per heavy atom. The highest BCUT2D eigenvalue weighted by Crippen LogP contribution is 2.20. The fourth-order valence-electron chi connectivity index (χ4n) is 5.38. The highest BCUT2D eigenvalue weighted by atomic mass is 19.2. The van der Waals surface area contributed by atoms with Crippen molar-refractivity contribution >= 4 is 17.9 Å². The van der Waals surface area contributed by atoms with Crippen LogP contribution in [0.25, 0.3) is 0 Å². The van der Waals surface area contributed by atoms with E-state index in [0.717, 1.165) is 85.2 Å². The van der Waals surface area contributed by atoms with Crippen molar-refractivity contribution < 1.29 is 54.9 Å². The van der Waals surface area contributed by atoms with E-state index in [1.165, 1.54) is 31.0 Å². The fraction of sp³-hybridized carbons (Fsp3) is 0.204. The zero-order chi connectivity index (χ0) is 44.3. The zero-order valence-corrected chi connectivity index (χ0v) is 33.8. The van der Waals surface area contributed by atoms with Crippen LogP contribution in [0.15, 0.2) is 127 Å². The third-order valence-electron chi connectivity index (χ3n) is 8.86. The van der Waals surface area contributed by atoms with Crippen LogP contribution < -0.4 is 14.2 Å². The van der Waals surface area contributed by atoms with Crippen LogP contribution in [0.1, 0.15) is 93.7 Å². The van der Waals surface area contributed by atoms with Gasteiger partial charge >= 0.3 is 17.9 Å². The molecular weight excluding hydrogens is 799 g/mol. The van der Waals surface area contributed by atoms with Crippen LogP contribution in [0.5, 0.6) is 17.2 Å². The molecule has 0 saturated carbocycles. The van der Waals surface area contributed by atoms with E-state index in [1.54, 1.807) is 48.5 Å². The highest BCUT2D eigenvalue weighted by molar-refractivity contribution is 5.92. The largest absolute Gasteiger partial charge is 0.423 e. The number of aryl methyl sites for hydroxylation is 3. The monoisotopic (exact) mass is 842 g/mol. The first-order valence-electron chi connectivity index (χ1n) is 19.5. The van der Waals surface area contributed by atoms with E-state index in [9.17, 15) is 40.7 Å². The molecule has 0 aliphatic rings. The molecule has 6 rings (SSSR count). The van der Waals surface area contributed by atoms with Crippen LogP contribution >= 0.6 is 0 Å². The molecule has 0 radical (unpaired) electrons. The van der Waals surface area contributed by atoms with Gasteiger partial charge in [0, 0.05) is 18.2 Å². The number of halogens is 6. The summed E-state index contributed by atoms with van der Waals surface area (Å²) in [6.07, 6.45) is 7.62. The Labute approximate surface area is 350 Å². The fourth-order valence-corrected chi connectivity index (χ4v) is 5.38. The van der Waals surface area contributed by atoms with Gasteiger partial charge in [0.2, 0.25) is 0 Å². The van der Waals surface area contributed by atoms with E-state index in [-0.39, 0.29) is 17.2 Å². The maximum absolute atomic E-state index is 13.1. The van der Waals surface area contributed by atoms with Gasteiger partial charge in [-0.1, -0.05) is 75.1 Å². The summed E-state index contributed by atoms with van der Waals surface area (Å²) in [5.74, 6) is -7.94. The number of unbranched alkanes of at least 4 members (excludes halogenated alkanes) is 3. The third kappa shape index (κ3) is 15.5. The molecule has 0 aliphatic heterocycles. The van der Waals surface area contributed by atoms with Crippen molar-refractivity contribution in [3.8, 4) is 17.2 Å². The minimum Gasteiger partial charge on any atom is -0.423 e. The van der Waals surface area contributed by atoms with Crippen molar-refractivity contribution in [2.45, 2.75) is 65.7 Å². The van der Waals surface area contributed by atoms with Gasteiger partial charge in [0.1, 0.15) is 17.2 Å². The lowest BCUT2D eigenvalue weighted by Crippen LogP contribution is -2.08. The molecule has 318 valence electrons. The number of carbonyl (C=O) groups is 3. The number of rotatable bonds is 13. The summed E-state index contributed by atoms with van der Waals surface area (Å²) in [6, 6.07) is 29.9. The molecule has 6 nitrogen and oxygen atoms in total. The lowest BCUT2D eigenvalue weighted by molar-refractivity contribution is 0.0724. The second kappa shape index (κ2) is 23.8. The first-order valence-corrected chi connectivity index (χ1v) is 19.5. The average Bonchev–Trinajstić information content (AvgIpc) is 3.25. The number of esters is 3. The lowest BCUT2D eigenvalue weighted by atomic mass is 10.1. The predicted molar refractivity (Wildman–Crippen MR) is 220 cm³/mol. The van der Waals surface area contributed by atoms with E-state index in [2.05, 4.69) is 13.8 Å². The average molecular weight is 843 g/mol. The number of ether oxygens (including phenoxy) is 3. The normalized spacial score (nSPS) is 10.4. The summed E-state index contributed by atoms with van der Waals surface area (Å²) in [4.78, 5) is 35.5. The summed E-state index contributed by atoms with van der Waals surface area (Å²) < 4.78 is 92.3. The molecule has 6 aromatic rings. The summed E-state index contributed by atoms with van der Waals surface area (Å²) in [7, 11) is 0. The summed E-state index contributed by atoms with van der Waals surface area (Å²) in [6.45, 7) is 6.16. The number of carbonyl (C=O) groups excluding carboxylic acids is 3. The Balaban J connectivity index is 0.000000202. The molecule has 0 atom stereocenters. The Hall–Kier alpha value is -6.69. The number of hydrogen-bond acceptors (Lipinski definition) is 6. The third-order valence-corrected chi connectivity index (χ3v) is 8.86. The van der Waals surface area contributed by atoms with Crippen molar-refractivity contribution in [3.05, 3.63) is 196 Å². The summed E-state index contributed by atoms with van der Waals surface area (Å²) in [5, 5.41) is 0. The van der Waals surface area contributed by atoms with Crippen LogP contribution in [0.4, 0.5) is 26.3 Å². The van der Waals surface area contributed by atoms with Crippen LogP contribution in [0.2, 0.25) is 0 Å². The number of hydrogen-bond donors (Lipinski definition) is 0. The molecule has 0 unspecified atom stereocenters. The zero-order valence-electron chi connectivity index (χ0n) is 33.8. The van der Waals surface area contributed by atoms with Gasteiger partial charge in [-0.05, 0) is 117 Å². The molecule has 0 saturated heterocycles. The Morgan fingerprint density at radius 1 is 0.393 bits per heavy atom. The topological polar surface area (TPSA) is 78.9 Å². The van der Waals surface area contributed by atoms with Gasteiger partial charge < -0.3 is 14.2 Å². The molecular formula is C49H44F6O6. The summed E-state index contributed by atoms with van der Waals surface area (Å²) >= 11 is 0. The summed E-state index contributed by atoms with van der Waals surface area (Å²) in [5.41, 5.74) is 4.44. The quantitative estimate of drug-likeness (QED) is 0.0499. The van der Waals surface area contributed by atoms with Gasteiger partial charge in [-0.3, -0.25) is 0 Å². The van der Waals surface area contributed by atoms with Crippen LogP contribution in [0, 0.1) is 41.8 Å². The van der Waals surface area contributed by atoms with Gasteiger partial charge in [-0.2, -0.15) is 0 Å². The van der Waals surface area contributed by atoms with Gasteiger partial charge in [0.25, 0.3) is 0 Å². The molecule has 0 amide bonds. The van der Waals surface area contributed by atoms with Crippen LogP contribution in [-0.2, 0) is 12.8 Å². The van der Waals surface area contributed by atoms with E-state index in [1.807, 2.05) is 31.2 Å². The molecule has 0 aromatic heterocycles. The number of benzene rings is 6. The maximum atomic E-state index is 13.1. The van der Waals surface area contributed by atoms with Crippen molar-refractivity contribution in [3.63, 3.8) is 0 Å². The van der Waals surface area contributed by atoms with E-state index in [4.69, 9.17) is 14.2 Å². The molecule has 61 heavy (non-hydrogen) atoms. The van der Waals surface area contributed by atoms with Crippen molar-refractivity contribution in [2.75, 3.05) is 0 Å². The molecule has 0 spiro atoms. The van der Waals surface area contributed by atoms with Crippen molar-refractivity contribution in [2.24, 2.45) is 0 Å². The Bertz CT molecular complexity index is 2360. The van der Waals surface area contributed by atoms with E-state index >= 15 is 0 Å². The van der Waals surface area contributed by atoms with Gasteiger partial charge in [0.15, 0.2) is 34.9 Å². The highest BCUT2D eigenvalue weighted by Gasteiger charge is 2.13. The van der Waals surface area contributed by atoms with Gasteiger partial charge in [0.05, 0.1) is 16.7 Å². The molecule has 12 heteroatoms. The van der Waals surface area contributed by atoms with E-state index in [0.29, 0.717) is 16.7 Å². The Kier molecular flexibility index (Phi) is 18.3. The predicted octanol–water partition coefficient (Wildman–Crippen LogP) is 12.9. The molecule has 0 N–H and O–H groups in total. The minimum atomic E-state index is -1.05. The standard InChI is InChI=1S/C18H18F2O2.C17H16F2O2.C14H10F2O2/c1-2-3-4-5-13-6-8-14(9-7-13)18(21)22-15-10-11-16(19)17(20)12-15;1-2-3-4-12-5-7-13(8-6-12)17(20)21-14-9-10-15(18)16(19)11-14;1-9-2-4-10(5-3-9)14(17)18-11-6-7-12(15)13(16)8-11/h6-12H,2-5H2,1H3;5-11H,2-4H2,1H3;2-8H,1H3. The second-order valence-corrected chi connectivity index (χ2v) is 13.7. The van der Waals surface area contributed by atoms with Gasteiger partial charge in [-0.25, -0.2) is 40.7 Å². The first-order chi connectivity index (χ1) is 29.3. The molecule has 0 bridgehead atoms. The Morgan fingerprint density at radius 3 is 1.02 bits per heavy atom. The van der Waals surface area contributed by atoms with Crippen molar-refractivity contribution in [1.29, 1.82) is 0 Å². The van der Waals surface area contributed by atoms with Crippen LogP contribution in [0.3, 0.4) is 0 Å². The lowest BCUT2D eigenvalue weighted by Gasteiger charge is -2.06. The van der Waals surface area contributed by atoms with Gasteiger partial charge in [-0.15, -0.1) is 0 Å². The van der Waals surface area contributed by atoms with Crippen LogP contribution in [-0.4, -0.2) is 17.9 Å². The maximum Gasteiger partial charge on any atom is 0.343 e. The molecule has 0 heterocycles. The van der Waals surface area contributed by atoms with Crippen molar-refractivity contribution in [1.82, 2.24) is 0 Å². The first kappa shape index (κ1) is 47.0. The molecule has 0 fully saturated rings. The smallest absolute Gasteiger partial charge is 0.343 e. The van der Waals surface area contributed by atoms with E-state index < -0.39 is 52.8 Å².